The van der Waals surface area contributed by atoms with Crippen molar-refractivity contribution in [2.45, 2.75) is 19.8 Å². The summed E-state index contributed by atoms with van der Waals surface area (Å²) in [5.41, 5.74) is 0.463. The lowest BCUT2D eigenvalue weighted by Crippen LogP contribution is -2.43. The fraction of sp³-hybridized carbons (Fsp3) is 0.438. The summed E-state index contributed by atoms with van der Waals surface area (Å²) >= 11 is 12.1. The van der Waals surface area contributed by atoms with Gasteiger partial charge in [0.15, 0.2) is 0 Å². The molecule has 1 aliphatic rings. The molecule has 1 aromatic rings. The standard InChI is InChI=1S/C16H18Cl2N2O4/c1-2-6-19(9-14(21)22)15(23)11-5-7-20(16(11)24)13-8-10(17)3-4-12(13)18/h3-4,8,11H,2,5-7,9H2,1H3,(H,21,22). The molecule has 2 rings (SSSR count). The number of carboxylic acid groups (broad SMARTS) is 1. The first-order valence-corrected chi connectivity index (χ1v) is 8.37. The van der Waals surface area contributed by atoms with Crippen molar-refractivity contribution in [3.8, 4) is 0 Å². The fourth-order valence-electron chi connectivity index (χ4n) is 2.76. The molecular formula is C16H18Cl2N2O4. The Kier molecular flexibility index (Phi) is 6.07. The Labute approximate surface area is 149 Å². The lowest BCUT2D eigenvalue weighted by atomic mass is 10.1. The molecular weight excluding hydrogens is 355 g/mol. The van der Waals surface area contributed by atoms with Gasteiger partial charge in [-0.25, -0.2) is 0 Å². The van der Waals surface area contributed by atoms with E-state index in [1.807, 2.05) is 6.92 Å². The summed E-state index contributed by atoms with van der Waals surface area (Å²) in [6, 6.07) is 4.79. The van der Waals surface area contributed by atoms with Gasteiger partial charge in [-0.15, -0.1) is 0 Å². The van der Waals surface area contributed by atoms with Crippen LogP contribution in [0, 0.1) is 5.92 Å². The molecule has 1 N–H and O–H groups in total. The number of hydrogen-bond donors (Lipinski definition) is 1. The second-order valence-electron chi connectivity index (χ2n) is 5.58. The molecule has 1 atom stereocenters. The van der Waals surface area contributed by atoms with E-state index >= 15 is 0 Å². The van der Waals surface area contributed by atoms with Crippen molar-refractivity contribution in [1.29, 1.82) is 0 Å². The van der Waals surface area contributed by atoms with Crippen LogP contribution in [0.25, 0.3) is 0 Å². The molecule has 0 aromatic heterocycles. The summed E-state index contributed by atoms with van der Waals surface area (Å²) in [6.07, 6.45) is 0.935. The second kappa shape index (κ2) is 7.85. The van der Waals surface area contributed by atoms with Gasteiger partial charge in [-0.1, -0.05) is 30.1 Å². The van der Waals surface area contributed by atoms with E-state index in [-0.39, 0.29) is 5.91 Å². The molecule has 1 saturated heterocycles. The zero-order valence-corrected chi connectivity index (χ0v) is 14.7. The normalized spacial score (nSPS) is 17.2. The Hall–Kier alpha value is -1.79. The van der Waals surface area contributed by atoms with E-state index in [1.165, 1.54) is 9.80 Å². The summed E-state index contributed by atoms with van der Waals surface area (Å²) < 4.78 is 0. The van der Waals surface area contributed by atoms with Gasteiger partial charge in [-0.2, -0.15) is 0 Å². The van der Waals surface area contributed by atoms with Gasteiger partial charge >= 0.3 is 5.97 Å². The maximum absolute atomic E-state index is 12.6. The summed E-state index contributed by atoms with van der Waals surface area (Å²) in [4.78, 5) is 38.8. The van der Waals surface area contributed by atoms with E-state index in [0.29, 0.717) is 41.7 Å². The number of carboxylic acids is 1. The highest BCUT2D eigenvalue weighted by Crippen LogP contribution is 2.34. The molecule has 2 amide bonds. The number of carbonyl (C=O) groups is 3. The lowest BCUT2D eigenvalue weighted by Gasteiger charge is -2.23. The first-order valence-electron chi connectivity index (χ1n) is 7.62. The zero-order valence-electron chi connectivity index (χ0n) is 13.2. The number of anilines is 1. The van der Waals surface area contributed by atoms with Crippen molar-refractivity contribution in [2.24, 2.45) is 5.92 Å². The van der Waals surface area contributed by atoms with Crippen LogP contribution in [0.15, 0.2) is 18.2 Å². The summed E-state index contributed by atoms with van der Waals surface area (Å²) in [6.45, 7) is 2.07. The Bertz CT molecular complexity index is 665. The zero-order chi connectivity index (χ0) is 17.9. The van der Waals surface area contributed by atoms with Gasteiger partial charge in [0.2, 0.25) is 11.8 Å². The van der Waals surface area contributed by atoms with Crippen LogP contribution in [0.4, 0.5) is 5.69 Å². The number of carbonyl (C=O) groups excluding carboxylic acids is 2. The van der Waals surface area contributed by atoms with E-state index in [9.17, 15) is 14.4 Å². The molecule has 1 aliphatic heterocycles. The van der Waals surface area contributed by atoms with Crippen molar-refractivity contribution in [2.75, 3.05) is 24.5 Å². The molecule has 0 bridgehead atoms. The molecule has 130 valence electrons. The Balaban J connectivity index is 2.19. The van der Waals surface area contributed by atoms with Crippen LogP contribution in [0.2, 0.25) is 10.0 Å². The van der Waals surface area contributed by atoms with E-state index in [0.717, 1.165) is 0 Å². The summed E-state index contributed by atoms with van der Waals surface area (Å²) in [5, 5.41) is 9.76. The predicted octanol–water partition coefficient (Wildman–Crippen LogP) is 2.67. The van der Waals surface area contributed by atoms with Crippen LogP contribution in [0.5, 0.6) is 0 Å². The van der Waals surface area contributed by atoms with E-state index in [1.54, 1.807) is 18.2 Å². The Morgan fingerprint density at radius 2 is 2.08 bits per heavy atom. The molecule has 0 saturated carbocycles. The first kappa shape index (κ1) is 18.5. The fourth-order valence-corrected chi connectivity index (χ4v) is 3.15. The average Bonchev–Trinajstić information content (AvgIpc) is 2.89. The van der Waals surface area contributed by atoms with Crippen LogP contribution in [0.1, 0.15) is 19.8 Å². The second-order valence-corrected chi connectivity index (χ2v) is 6.42. The van der Waals surface area contributed by atoms with Gasteiger partial charge in [0.25, 0.3) is 0 Å². The van der Waals surface area contributed by atoms with Crippen LogP contribution >= 0.6 is 23.2 Å². The van der Waals surface area contributed by atoms with Crippen LogP contribution in [0.3, 0.4) is 0 Å². The van der Waals surface area contributed by atoms with Crippen molar-refractivity contribution < 1.29 is 19.5 Å². The summed E-state index contributed by atoms with van der Waals surface area (Å²) in [5.74, 6) is -2.82. The molecule has 8 heteroatoms. The SMILES string of the molecule is CCCN(CC(=O)O)C(=O)C1CCN(c2cc(Cl)ccc2Cl)C1=O. The summed E-state index contributed by atoms with van der Waals surface area (Å²) in [7, 11) is 0. The van der Waals surface area contributed by atoms with Crippen molar-refractivity contribution in [3.05, 3.63) is 28.2 Å². The van der Waals surface area contributed by atoms with Crippen molar-refractivity contribution >= 4 is 46.7 Å². The highest BCUT2D eigenvalue weighted by molar-refractivity contribution is 6.36. The number of rotatable bonds is 6. The molecule has 1 unspecified atom stereocenters. The van der Waals surface area contributed by atoms with Crippen LogP contribution in [-0.4, -0.2) is 47.4 Å². The van der Waals surface area contributed by atoms with E-state index < -0.39 is 24.3 Å². The average molecular weight is 373 g/mol. The lowest BCUT2D eigenvalue weighted by molar-refractivity contribution is -0.148. The molecule has 0 radical (unpaired) electrons. The minimum absolute atomic E-state index is 0.298. The molecule has 24 heavy (non-hydrogen) atoms. The van der Waals surface area contributed by atoms with Crippen molar-refractivity contribution in [3.63, 3.8) is 0 Å². The van der Waals surface area contributed by atoms with Gasteiger partial charge in [0, 0.05) is 18.1 Å². The third-order valence-electron chi connectivity index (χ3n) is 3.83. The Morgan fingerprint density at radius 1 is 1.38 bits per heavy atom. The van der Waals surface area contributed by atoms with Gasteiger partial charge < -0.3 is 14.9 Å². The predicted molar refractivity (Wildman–Crippen MR) is 91.4 cm³/mol. The number of nitrogens with zero attached hydrogens (tertiary/aromatic N) is 2. The minimum atomic E-state index is -1.10. The molecule has 1 aromatic carbocycles. The highest BCUT2D eigenvalue weighted by atomic mass is 35.5. The quantitative estimate of drug-likeness (QED) is 0.778. The molecule has 6 nitrogen and oxygen atoms in total. The molecule has 1 heterocycles. The van der Waals surface area contributed by atoms with Crippen molar-refractivity contribution in [1.82, 2.24) is 4.90 Å². The van der Waals surface area contributed by atoms with E-state index in [2.05, 4.69) is 0 Å². The smallest absolute Gasteiger partial charge is 0.323 e. The number of halogens is 2. The Morgan fingerprint density at radius 3 is 2.71 bits per heavy atom. The van der Waals surface area contributed by atoms with Gasteiger partial charge in [-0.05, 0) is 31.0 Å². The number of aliphatic carboxylic acids is 1. The third-order valence-corrected chi connectivity index (χ3v) is 4.39. The van der Waals surface area contributed by atoms with Crippen LogP contribution in [-0.2, 0) is 14.4 Å². The maximum Gasteiger partial charge on any atom is 0.323 e. The molecule has 1 fully saturated rings. The third kappa shape index (κ3) is 3.99. The van der Waals surface area contributed by atoms with Gasteiger partial charge in [0.1, 0.15) is 12.5 Å². The monoisotopic (exact) mass is 372 g/mol. The van der Waals surface area contributed by atoms with E-state index in [4.69, 9.17) is 28.3 Å². The largest absolute Gasteiger partial charge is 0.480 e. The molecule has 0 aliphatic carbocycles. The van der Waals surface area contributed by atoms with Crippen LogP contribution < -0.4 is 4.90 Å². The highest BCUT2D eigenvalue weighted by Gasteiger charge is 2.40. The molecule has 0 spiro atoms. The first-order chi connectivity index (χ1) is 11.3. The van der Waals surface area contributed by atoms with Gasteiger partial charge in [-0.3, -0.25) is 14.4 Å². The number of benzene rings is 1. The minimum Gasteiger partial charge on any atom is -0.480 e. The van der Waals surface area contributed by atoms with Gasteiger partial charge in [0.05, 0.1) is 10.7 Å². The number of hydrogen-bond acceptors (Lipinski definition) is 3. The topological polar surface area (TPSA) is 77.9 Å². The maximum atomic E-state index is 12.6. The number of amides is 2.